The molecule has 3 heteroatoms. The van der Waals surface area contributed by atoms with Crippen LogP contribution in [0, 0.1) is 17.2 Å². The van der Waals surface area contributed by atoms with Crippen molar-refractivity contribution in [2.24, 2.45) is 11.1 Å². The van der Waals surface area contributed by atoms with Crippen LogP contribution in [0.3, 0.4) is 0 Å². The van der Waals surface area contributed by atoms with Crippen molar-refractivity contribution < 1.29 is 4.84 Å². The molecule has 0 saturated heterocycles. The second-order valence-corrected chi connectivity index (χ2v) is 4.29. The number of nitrogens with zero attached hydrogens (tertiary/aromatic N) is 2. The van der Waals surface area contributed by atoms with Crippen molar-refractivity contribution in [3.8, 4) is 6.07 Å². The van der Waals surface area contributed by atoms with Crippen LogP contribution in [-0.2, 0) is 11.4 Å². The van der Waals surface area contributed by atoms with E-state index in [1.807, 2.05) is 18.2 Å². The summed E-state index contributed by atoms with van der Waals surface area (Å²) >= 11 is 0. The van der Waals surface area contributed by atoms with E-state index in [1.54, 1.807) is 6.07 Å². The molecule has 3 nitrogen and oxygen atoms in total. The number of benzene rings is 1. The zero-order valence-electron chi connectivity index (χ0n) is 9.72. The first kappa shape index (κ1) is 11.7. The van der Waals surface area contributed by atoms with Crippen molar-refractivity contribution in [3.63, 3.8) is 0 Å². The smallest absolute Gasteiger partial charge is 0.142 e. The topological polar surface area (TPSA) is 45.4 Å². The van der Waals surface area contributed by atoms with Crippen LogP contribution in [0.15, 0.2) is 29.4 Å². The lowest BCUT2D eigenvalue weighted by atomic mass is 10.1. The van der Waals surface area contributed by atoms with Gasteiger partial charge in [0.05, 0.1) is 11.6 Å². The maximum Gasteiger partial charge on any atom is 0.142 e. The fourth-order valence-electron chi connectivity index (χ4n) is 2.00. The molecule has 0 unspecified atom stereocenters. The molecule has 1 aliphatic rings. The Morgan fingerprint density at radius 1 is 1.35 bits per heavy atom. The van der Waals surface area contributed by atoms with Crippen molar-refractivity contribution in [2.75, 3.05) is 0 Å². The standard InChI is InChI=1S/C14H15N2O/c15-9-13-6-3-7-14(8-13)11-17-16-10-12-4-1-2-5-12/h3,6-8,12H,1-2,4-5,11H2. The summed E-state index contributed by atoms with van der Waals surface area (Å²) in [5.41, 5.74) is 1.61. The third kappa shape index (κ3) is 3.60. The van der Waals surface area contributed by atoms with E-state index in [-0.39, 0.29) is 0 Å². The molecule has 1 aromatic rings. The van der Waals surface area contributed by atoms with Gasteiger partial charge in [-0.3, -0.25) is 0 Å². The summed E-state index contributed by atoms with van der Waals surface area (Å²) in [6.45, 7) is 0.398. The molecule has 0 spiro atoms. The number of hydrogen-bond donors (Lipinski definition) is 0. The van der Waals surface area contributed by atoms with E-state index in [2.05, 4.69) is 17.4 Å². The van der Waals surface area contributed by atoms with Crippen LogP contribution < -0.4 is 0 Å². The van der Waals surface area contributed by atoms with Gasteiger partial charge >= 0.3 is 0 Å². The maximum atomic E-state index is 8.75. The zero-order valence-corrected chi connectivity index (χ0v) is 9.72. The number of rotatable bonds is 4. The largest absolute Gasteiger partial charge is 0.391 e. The highest BCUT2D eigenvalue weighted by Gasteiger charge is 2.12. The van der Waals surface area contributed by atoms with Gasteiger partial charge in [0.15, 0.2) is 0 Å². The van der Waals surface area contributed by atoms with Crippen molar-refractivity contribution in [1.29, 1.82) is 5.26 Å². The van der Waals surface area contributed by atoms with Gasteiger partial charge in [0.1, 0.15) is 12.8 Å². The third-order valence-corrected chi connectivity index (χ3v) is 2.94. The molecule has 0 N–H and O–H groups in total. The molecule has 0 aromatic heterocycles. The summed E-state index contributed by atoms with van der Waals surface area (Å²) in [6, 6.07) is 9.46. The third-order valence-electron chi connectivity index (χ3n) is 2.94. The zero-order chi connectivity index (χ0) is 11.9. The maximum absolute atomic E-state index is 8.75. The highest BCUT2D eigenvalue weighted by atomic mass is 16.6. The summed E-state index contributed by atoms with van der Waals surface area (Å²) in [6.07, 6.45) is 7.92. The SMILES string of the molecule is N#Cc1cccc(CO/N=[C]\C2CCCC2)c1. The van der Waals surface area contributed by atoms with E-state index < -0.39 is 0 Å². The van der Waals surface area contributed by atoms with Crippen LogP contribution >= 0.6 is 0 Å². The minimum Gasteiger partial charge on any atom is -0.391 e. The molecule has 1 aliphatic carbocycles. The molecule has 0 aliphatic heterocycles. The highest BCUT2D eigenvalue weighted by Crippen LogP contribution is 2.22. The molecular weight excluding hydrogens is 212 g/mol. The van der Waals surface area contributed by atoms with Crippen LogP contribution in [0.2, 0.25) is 0 Å². The molecule has 0 heterocycles. The summed E-state index contributed by atoms with van der Waals surface area (Å²) in [4.78, 5) is 5.19. The van der Waals surface area contributed by atoms with Crippen LogP contribution in [0.5, 0.6) is 0 Å². The highest BCUT2D eigenvalue weighted by molar-refractivity contribution is 5.60. The molecule has 17 heavy (non-hydrogen) atoms. The second kappa shape index (κ2) is 6.05. The fourth-order valence-corrected chi connectivity index (χ4v) is 2.00. The van der Waals surface area contributed by atoms with Crippen molar-refractivity contribution in [2.45, 2.75) is 32.3 Å². The van der Waals surface area contributed by atoms with E-state index in [9.17, 15) is 0 Å². The summed E-state index contributed by atoms with van der Waals surface area (Å²) in [5, 5.41) is 12.6. The monoisotopic (exact) mass is 227 g/mol. The Balaban J connectivity index is 1.79. The quantitative estimate of drug-likeness (QED) is 0.586. The Kier molecular flexibility index (Phi) is 4.15. The Bertz CT molecular complexity index is 428. The normalized spacial score (nSPS) is 16.2. The lowest BCUT2D eigenvalue weighted by Gasteiger charge is -2.01. The Hall–Kier alpha value is -1.82. The predicted octanol–water partition coefficient (Wildman–Crippen LogP) is 3.13. The van der Waals surface area contributed by atoms with E-state index in [4.69, 9.17) is 10.1 Å². The molecule has 87 valence electrons. The minimum absolute atomic E-state index is 0.398. The van der Waals surface area contributed by atoms with Gasteiger partial charge in [-0.1, -0.05) is 30.1 Å². The van der Waals surface area contributed by atoms with Gasteiger partial charge in [-0.15, -0.1) is 0 Å². The molecular formula is C14H15N2O. The van der Waals surface area contributed by atoms with Gasteiger partial charge in [-0.2, -0.15) is 5.26 Å². The fraction of sp³-hybridized carbons (Fsp3) is 0.429. The second-order valence-electron chi connectivity index (χ2n) is 4.29. The number of nitriles is 1. The molecule has 1 fully saturated rings. The van der Waals surface area contributed by atoms with Gasteiger partial charge in [-0.25, -0.2) is 0 Å². The van der Waals surface area contributed by atoms with E-state index in [1.165, 1.54) is 25.7 Å². The minimum atomic E-state index is 0.398. The Morgan fingerprint density at radius 3 is 2.94 bits per heavy atom. The van der Waals surface area contributed by atoms with Crippen LogP contribution in [-0.4, -0.2) is 6.21 Å². The van der Waals surface area contributed by atoms with E-state index >= 15 is 0 Å². The lowest BCUT2D eigenvalue weighted by molar-refractivity contribution is 0.130. The molecule has 0 amide bonds. The van der Waals surface area contributed by atoms with Gasteiger partial charge < -0.3 is 4.84 Å². The van der Waals surface area contributed by atoms with Gasteiger partial charge in [0, 0.05) is 5.92 Å². The van der Waals surface area contributed by atoms with E-state index in [0.29, 0.717) is 18.1 Å². The lowest BCUT2D eigenvalue weighted by Crippen LogP contribution is -1.95. The van der Waals surface area contributed by atoms with Crippen LogP contribution in [0.4, 0.5) is 0 Å². The average Bonchev–Trinajstić information content (AvgIpc) is 2.88. The molecule has 0 bridgehead atoms. The molecule has 1 radical (unpaired) electrons. The van der Waals surface area contributed by atoms with Gasteiger partial charge in [-0.05, 0) is 30.5 Å². The first-order chi connectivity index (χ1) is 8.38. The molecule has 1 saturated carbocycles. The molecule has 1 aromatic carbocycles. The van der Waals surface area contributed by atoms with Crippen molar-refractivity contribution in [3.05, 3.63) is 35.4 Å². The van der Waals surface area contributed by atoms with Crippen molar-refractivity contribution in [1.82, 2.24) is 0 Å². The first-order valence-electron chi connectivity index (χ1n) is 5.95. The Labute approximate surface area is 102 Å². The molecule has 0 atom stereocenters. The van der Waals surface area contributed by atoms with Gasteiger partial charge in [0.25, 0.3) is 0 Å². The van der Waals surface area contributed by atoms with Crippen molar-refractivity contribution >= 4 is 6.21 Å². The summed E-state index contributed by atoms with van der Waals surface area (Å²) < 4.78 is 0. The number of hydrogen-bond acceptors (Lipinski definition) is 3. The average molecular weight is 227 g/mol. The van der Waals surface area contributed by atoms with Crippen LogP contribution in [0.1, 0.15) is 36.8 Å². The summed E-state index contributed by atoms with van der Waals surface area (Å²) in [7, 11) is 0. The Morgan fingerprint density at radius 2 is 2.18 bits per heavy atom. The summed E-state index contributed by atoms with van der Waals surface area (Å²) in [5.74, 6) is 0.473. The van der Waals surface area contributed by atoms with E-state index in [0.717, 1.165) is 5.56 Å². The van der Waals surface area contributed by atoms with Gasteiger partial charge in [0.2, 0.25) is 0 Å². The molecule has 2 rings (SSSR count). The predicted molar refractivity (Wildman–Crippen MR) is 65.3 cm³/mol. The van der Waals surface area contributed by atoms with Crippen LogP contribution in [0.25, 0.3) is 0 Å². The first-order valence-corrected chi connectivity index (χ1v) is 5.95.